The Morgan fingerprint density at radius 1 is 0.652 bits per heavy atom. The summed E-state index contributed by atoms with van der Waals surface area (Å²) < 4.78 is 0. The second-order valence-electron chi connectivity index (χ2n) is 4.49. The average Bonchev–Trinajstić information content (AvgIpc) is 2.61. The molecule has 3 aromatic heterocycles. The summed E-state index contributed by atoms with van der Waals surface area (Å²) in [6.07, 6.45) is 15.3. The van der Waals surface area contributed by atoms with Gasteiger partial charge in [-0.15, -0.1) is 11.8 Å². The summed E-state index contributed by atoms with van der Waals surface area (Å²) in [5.41, 5.74) is 3.28. The van der Waals surface area contributed by atoms with Crippen LogP contribution in [0.2, 0.25) is 0 Å². The van der Waals surface area contributed by atoms with Crippen molar-refractivity contribution in [2.24, 2.45) is 0 Å². The molecule has 0 spiro atoms. The van der Waals surface area contributed by atoms with Gasteiger partial charge in [0.1, 0.15) is 0 Å². The first-order valence-electron chi connectivity index (χ1n) is 6.88. The van der Waals surface area contributed by atoms with Crippen LogP contribution in [-0.4, -0.2) is 15.0 Å². The maximum absolute atomic E-state index is 4.33. The van der Waals surface area contributed by atoms with E-state index < -0.39 is 0 Å². The fourth-order valence-corrected chi connectivity index (χ4v) is 1.85. The van der Waals surface area contributed by atoms with Gasteiger partial charge >= 0.3 is 20.4 Å². The van der Waals surface area contributed by atoms with Crippen molar-refractivity contribution in [2.75, 3.05) is 0 Å². The number of hydrogen-bond donors (Lipinski definition) is 0. The minimum Gasteiger partial charge on any atom is -0.332 e. The van der Waals surface area contributed by atoms with Crippen LogP contribution in [0.5, 0.6) is 0 Å². The quantitative estimate of drug-likeness (QED) is 0.505. The molecule has 0 saturated heterocycles. The van der Waals surface area contributed by atoms with E-state index in [1.165, 1.54) is 0 Å². The maximum Gasteiger partial charge on any atom is 2.00 e. The van der Waals surface area contributed by atoms with Crippen LogP contribution in [0.4, 0.5) is 0 Å². The number of rotatable bonds is 4. The Morgan fingerprint density at radius 3 is 1.87 bits per heavy atom. The molecule has 114 valence electrons. The second-order valence-corrected chi connectivity index (χ2v) is 4.49. The van der Waals surface area contributed by atoms with Gasteiger partial charge in [-0.05, 0) is 23.5 Å². The van der Waals surface area contributed by atoms with Crippen molar-refractivity contribution >= 4 is 12.2 Å². The molecule has 0 radical (unpaired) electrons. The third kappa shape index (κ3) is 5.07. The maximum atomic E-state index is 4.33. The smallest absolute Gasteiger partial charge is 0.332 e. The first kappa shape index (κ1) is 17.0. The molecule has 0 amide bonds. The second kappa shape index (κ2) is 8.90. The van der Waals surface area contributed by atoms with E-state index in [9.17, 15) is 0 Å². The Bertz CT molecular complexity index is 715. The van der Waals surface area contributed by atoms with E-state index in [4.69, 9.17) is 0 Å². The largest absolute Gasteiger partial charge is 2.00 e. The van der Waals surface area contributed by atoms with E-state index in [-0.39, 0.29) is 20.4 Å². The van der Waals surface area contributed by atoms with Gasteiger partial charge in [0.2, 0.25) is 0 Å². The van der Waals surface area contributed by atoms with Crippen molar-refractivity contribution in [2.45, 2.75) is 0 Å². The first-order valence-corrected chi connectivity index (χ1v) is 6.88. The van der Waals surface area contributed by atoms with E-state index in [1.807, 2.05) is 60.7 Å². The Balaban J connectivity index is 0.00000192. The van der Waals surface area contributed by atoms with Crippen molar-refractivity contribution in [3.63, 3.8) is 0 Å². The van der Waals surface area contributed by atoms with E-state index >= 15 is 0 Å². The van der Waals surface area contributed by atoms with Crippen LogP contribution in [0.3, 0.4) is 0 Å². The van der Waals surface area contributed by atoms with E-state index in [0.717, 1.165) is 22.6 Å². The minimum atomic E-state index is 0. The standard InChI is InChI=1S/C19H13N3.Pd/c1-3-13-20-17(7-1)10-9-16-6-5-15-22-19(16)12-11-18-8-2-4-14-21-18;/h1-8,10-11,13-15H;/q-2;+2. The van der Waals surface area contributed by atoms with Crippen molar-refractivity contribution in [1.82, 2.24) is 15.0 Å². The molecule has 0 aliphatic rings. The minimum absolute atomic E-state index is 0. The summed E-state index contributed by atoms with van der Waals surface area (Å²) in [6.45, 7) is 0. The summed E-state index contributed by atoms with van der Waals surface area (Å²) in [5.74, 6) is 0. The van der Waals surface area contributed by atoms with Gasteiger partial charge in [-0.3, -0.25) is 0 Å². The molecular weight excluding hydrogens is 377 g/mol. The molecule has 3 nitrogen and oxygen atoms in total. The molecule has 0 unspecified atom stereocenters. The fourth-order valence-electron chi connectivity index (χ4n) is 1.85. The molecular formula is C19H13N3Pd. The van der Waals surface area contributed by atoms with Crippen LogP contribution in [0, 0.1) is 12.2 Å². The van der Waals surface area contributed by atoms with Gasteiger partial charge in [-0.25, -0.2) is 17.7 Å². The predicted molar refractivity (Wildman–Crippen MR) is 86.3 cm³/mol. The molecule has 0 saturated carbocycles. The molecule has 0 aromatic carbocycles. The van der Waals surface area contributed by atoms with E-state index in [2.05, 4.69) is 27.1 Å². The summed E-state index contributed by atoms with van der Waals surface area (Å²) in [6, 6.07) is 15.3. The number of aromatic nitrogens is 3. The van der Waals surface area contributed by atoms with Gasteiger partial charge in [-0.1, -0.05) is 30.3 Å². The third-order valence-corrected chi connectivity index (χ3v) is 2.92. The zero-order valence-corrected chi connectivity index (χ0v) is 13.7. The molecule has 0 aliphatic heterocycles. The first-order chi connectivity index (χ1) is 10.9. The topological polar surface area (TPSA) is 38.7 Å². The van der Waals surface area contributed by atoms with Crippen LogP contribution in [-0.2, 0) is 20.4 Å². The molecule has 0 bridgehead atoms. The van der Waals surface area contributed by atoms with Gasteiger partial charge in [0.25, 0.3) is 0 Å². The summed E-state index contributed by atoms with van der Waals surface area (Å²) >= 11 is 0. The van der Waals surface area contributed by atoms with Gasteiger partial charge in [0.15, 0.2) is 0 Å². The van der Waals surface area contributed by atoms with E-state index in [1.54, 1.807) is 18.6 Å². The molecule has 4 heteroatoms. The zero-order valence-electron chi connectivity index (χ0n) is 12.2. The number of hydrogen-bond acceptors (Lipinski definition) is 3. The normalized spacial score (nSPS) is 10.8. The van der Waals surface area contributed by atoms with Crippen molar-refractivity contribution < 1.29 is 20.4 Å². The Kier molecular flexibility index (Phi) is 6.56. The van der Waals surface area contributed by atoms with Crippen LogP contribution in [0.1, 0.15) is 22.6 Å². The number of nitrogens with zero attached hydrogens (tertiary/aromatic N) is 3. The number of pyridine rings is 3. The molecule has 3 aromatic rings. The predicted octanol–water partition coefficient (Wildman–Crippen LogP) is 3.60. The van der Waals surface area contributed by atoms with Gasteiger partial charge in [-0.2, -0.15) is 12.1 Å². The molecule has 3 heterocycles. The molecule has 0 N–H and O–H groups in total. The molecule has 3 rings (SSSR count). The van der Waals surface area contributed by atoms with Gasteiger partial charge < -0.3 is 15.0 Å². The van der Waals surface area contributed by atoms with Gasteiger partial charge in [0.05, 0.1) is 0 Å². The zero-order chi connectivity index (χ0) is 15.0. The van der Waals surface area contributed by atoms with E-state index in [0.29, 0.717) is 0 Å². The van der Waals surface area contributed by atoms with Crippen LogP contribution in [0.15, 0.2) is 67.1 Å². The summed E-state index contributed by atoms with van der Waals surface area (Å²) in [7, 11) is 0. The monoisotopic (exact) mass is 389 g/mol. The van der Waals surface area contributed by atoms with Crippen molar-refractivity contribution in [3.05, 3.63) is 102 Å². The SMILES string of the molecule is [C-](=Cc1ccccn1)c1cccnc1[C-]=Cc1ccccn1.[Pd+2]. The van der Waals surface area contributed by atoms with Crippen LogP contribution >= 0.6 is 0 Å². The van der Waals surface area contributed by atoms with Crippen LogP contribution < -0.4 is 0 Å². The summed E-state index contributed by atoms with van der Waals surface area (Å²) in [4.78, 5) is 12.8. The van der Waals surface area contributed by atoms with Crippen LogP contribution in [0.25, 0.3) is 12.2 Å². The Morgan fingerprint density at radius 2 is 1.26 bits per heavy atom. The van der Waals surface area contributed by atoms with Gasteiger partial charge in [0, 0.05) is 18.6 Å². The molecule has 0 atom stereocenters. The Hall–Kier alpha value is -2.41. The van der Waals surface area contributed by atoms with Crippen molar-refractivity contribution in [3.8, 4) is 0 Å². The Labute approximate surface area is 149 Å². The average molecular weight is 390 g/mol. The molecule has 23 heavy (non-hydrogen) atoms. The molecule has 0 aliphatic carbocycles. The third-order valence-electron chi connectivity index (χ3n) is 2.92. The fraction of sp³-hybridized carbons (Fsp3) is 0. The van der Waals surface area contributed by atoms with Crippen molar-refractivity contribution in [1.29, 1.82) is 0 Å². The summed E-state index contributed by atoms with van der Waals surface area (Å²) in [5, 5.41) is 0. The molecule has 0 fully saturated rings.